The third-order valence-corrected chi connectivity index (χ3v) is 4.73. The Labute approximate surface area is 133 Å². The second-order valence-corrected chi connectivity index (χ2v) is 6.12. The molecule has 1 saturated heterocycles. The van der Waals surface area contributed by atoms with Gasteiger partial charge < -0.3 is 9.64 Å². The molecule has 0 saturated carbocycles. The predicted octanol–water partition coefficient (Wildman–Crippen LogP) is 3.48. The fourth-order valence-electron chi connectivity index (χ4n) is 2.40. The average molecular weight is 317 g/mol. The molecule has 0 spiro atoms. The second-order valence-electron chi connectivity index (χ2n) is 4.93. The minimum absolute atomic E-state index is 0.0322. The van der Waals surface area contributed by atoms with Crippen LogP contribution in [0.1, 0.15) is 10.9 Å². The molecule has 0 aromatic heterocycles. The summed E-state index contributed by atoms with van der Waals surface area (Å²) in [7, 11) is 0. The summed E-state index contributed by atoms with van der Waals surface area (Å²) in [5.74, 6) is 1.06. The molecule has 1 fully saturated rings. The molecule has 22 heavy (non-hydrogen) atoms. The van der Waals surface area contributed by atoms with Crippen LogP contribution in [0.5, 0.6) is 5.75 Å². The largest absolute Gasteiger partial charge is 0.484 e. The number of rotatable bonds is 4. The van der Waals surface area contributed by atoms with E-state index in [1.54, 1.807) is 47.0 Å². The van der Waals surface area contributed by atoms with Crippen molar-refractivity contribution in [1.82, 2.24) is 4.90 Å². The van der Waals surface area contributed by atoms with Gasteiger partial charge in [0.15, 0.2) is 6.61 Å². The van der Waals surface area contributed by atoms with Crippen LogP contribution in [0, 0.1) is 5.82 Å². The molecule has 1 aliphatic rings. The smallest absolute Gasteiger partial charge is 0.261 e. The number of carbonyl (C=O) groups excluding carboxylic acids is 1. The zero-order valence-corrected chi connectivity index (χ0v) is 12.8. The molecule has 1 aliphatic heterocycles. The van der Waals surface area contributed by atoms with Gasteiger partial charge in [-0.2, -0.15) is 0 Å². The van der Waals surface area contributed by atoms with Gasteiger partial charge in [-0.05, 0) is 18.2 Å². The predicted molar refractivity (Wildman–Crippen MR) is 85.2 cm³/mol. The van der Waals surface area contributed by atoms with Gasteiger partial charge in [0.25, 0.3) is 5.91 Å². The van der Waals surface area contributed by atoms with Crippen molar-refractivity contribution in [2.75, 3.05) is 18.9 Å². The number of thioether (sulfide) groups is 1. The van der Waals surface area contributed by atoms with Gasteiger partial charge >= 0.3 is 0 Å². The van der Waals surface area contributed by atoms with E-state index in [2.05, 4.69) is 0 Å². The molecule has 0 radical (unpaired) electrons. The van der Waals surface area contributed by atoms with Gasteiger partial charge in [-0.3, -0.25) is 4.79 Å². The lowest BCUT2D eigenvalue weighted by atomic mass is 10.2. The van der Waals surface area contributed by atoms with Crippen LogP contribution in [0.25, 0.3) is 0 Å². The van der Waals surface area contributed by atoms with Crippen LogP contribution < -0.4 is 4.74 Å². The van der Waals surface area contributed by atoms with Crippen molar-refractivity contribution in [3.05, 3.63) is 66.0 Å². The maximum atomic E-state index is 13.9. The summed E-state index contributed by atoms with van der Waals surface area (Å²) in [6, 6.07) is 15.8. The lowest BCUT2D eigenvalue weighted by Crippen LogP contribution is -2.34. The number of hydrogen-bond acceptors (Lipinski definition) is 3. The highest BCUT2D eigenvalue weighted by Gasteiger charge is 2.32. The highest BCUT2D eigenvalue weighted by molar-refractivity contribution is 7.99. The molecule has 2 aromatic rings. The first-order valence-electron chi connectivity index (χ1n) is 7.09. The van der Waals surface area contributed by atoms with Gasteiger partial charge in [0.05, 0.1) is 0 Å². The fourth-order valence-corrected chi connectivity index (χ4v) is 3.70. The van der Waals surface area contributed by atoms with Crippen molar-refractivity contribution >= 4 is 17.7 Å². The van der Waals surface area contributed by atoms with Crippen molar-refractivity contribution in [3.8, 4) is 5.75 Å². The molecule has 3 nitrogen and oxygen atoms in total. The van der Waals surface area contributed by atoms with Crippen LogP contribution in [0.2, 0.25) is 0 Å². The first-order chi connectivity index (χ1) is 10.8. The van der Waals surface area contributed by atoms with Crippen molar-refractivity contribution in [2.24, 2.45) is 0 Å². The van der Waals surface area contributed by atoms with Gasteiger partial charge in [-0.15, -0.1) is 11.8 Å². The van der Waals surface area contributed by atoms with Gasteiger partial charge in [-0.25, -0.2) is 4.39 Å². The van der Waals surface area contributed by atoms with Gasteiger partial charge in [0.1, 0.15) is 16.9 Å². The van der Waals surface area contributed by atoms with Crippen LogP contribution in [-0.4, -0.2) is 29.7 Å². The van der Waals surface area contributed by atoms with Crippen LogP contribution in [-0.2, 0) is 4.79 Å². The van der Waals surface area contributed by atoms with E-state index in [1.165, 1.54) is 6.07 Å². The quantitative estimate of drug-likeness (QED) is 0.864. The number of halogens is 1. The van der Waals surface area contributed by atoms with E-state index in [-0.39, 0.29) is 23.7 Å². The minimum Gasteiger partial charge on any atom is -0.484 e. The standard InChI is InChI=1S/C17H16FNO2S/c18-15-9-5-4-8-14(15)17-19(10-11-22-17)16(20)12-21-13-6-2-1-3-7-13/h1-9,17H,10-12H2/t17-/m0/s1. The lowest BCUT2D eigenvalue weighted by Gasteiger charge is -2.24. The van der Waals surface area contributed by atoms with E-state index < -0.39 is 0 Å². The van der Waals surface area contributed by atoms with Gasteiger partial charge in [-0.1, -0.05) is 36.4 Å². The van der Waals surface area contributed by atoms with Crippen molar-refractivity contribution in [1.29, 1.82) is 0 Å². The third kappa shape index (κ3) is 3.25. The maximum absolute atomic E-state index is 13.9. The summed E-state index contributed by atoms with van der Waals surface area (Å²) in [5.41, 5.74) is 0.554. The molecule has 5 heteroatoms. The fraction of sp³-hybridized carbons (Fsp3) is 0.235. The molecule has 0 bridgehead atoms. The Balaban J connectivity index is 1.68. The average Bonchev–Trinajstić information content (AvgIpc) is 3.03. The van der Waals surface area contributed by atoms with E-state index in [9.17, 15) is 9.18 Å². The maximum Gasteiger partial charge on any atom is 0.261 e. The zero-order chi connectivity index (χ0) is 15.4. The topological polar surface area (TPSA) is 29.5 Å². The summed E-state index contributed by atoms with van der Waals surface area (Å²) < 4.78 is 19.4. The molecule has 3 rings (SSSR count). The van der Waals surface area contributed by atoms with Crippen LogP contribution in [0.15, 0.2) is 54.6 Å². The molecular formula is C17H16FNO2S. The number of amides is 1. The Morgan fingerprint density at radius 1 is 1.18 bits per heavy atom. The number of nitrogens with zero attached hydrogens (tertiary/aromatic N) is 1. The number of para-hydroxylation sites is 1. The SMILES string of the molecule is O=C(COc1ccccc1)N1CCS[C@H]1c1ccccc1F. The number of ether oxygens (including phenoxy) is 1. The minimum atomic E-state index is -0.274. The van der Waals surface area contributed by atoms with Crippen molar-refractivity contribution in [2.45, 2.75) is 5.37 Å². The number of benzene rings is 2. The van der Waals surface area contributed by atoms with Crippen LogP contribution in [0.3, 0.4) is 0 Å². The summed E-state index contributed by atoms with van der Waals surface area (Å²) in [4.78, 5) is 14.1. The highest BCUT2D eigenvalue weighted by Crippen LogP contribution is 2.38. The molecule has 1 amide bonds. The molecule has 0 N–H and O–H groups in total. The van der Waals surface area contributed by atoms with E-state index in [1.807, 2.05) is 18.2 Å². The molecule has 114 valence electrons. The summed E-state index contributed by atoms with van der Waals surface area (Å²) >= 11 is 1.58. The number of carbonyl (C=O) groups is 1. The lowest BCUT2D eigenvalue weighted by molar-refractivity contribution is -0.133. The molecular weight excluding hydrogens is 301 g/mol. The number of hydrogen-bond donors (Lipinski definition) is 0. The zero-order valence-electron chi connectivity index (χ0n) is 11.9. The molecule has 0 unspecified atom stereocenters. The first-order valence-corrected chi connectivity index (χ1v) is 8.14. The normalized spacial score (nSPS) is 17.5. The summed E-state index contributed by atoms with van der Waals surface area (Å²) in [6.07, 6.45) is 0. The van der Waals surface area contributed by atoms with E-state index in [0.29, 0.717) is 17.9 Å². The Bertz CT molecular complexity index is 650. The Kier molecular flexibility index (Phi) is 4.63. The Hall–Kier alpha value is -2.01. The second kappa shape index (κ2) is 6.83. The van der Waals surface area contributed by atoms with Gasteiger partial charge in [0.2, 0.25) is 0 Å². The van der Waals surface area contributed by atoms with Crippen LogP contribution in [0.4, 0.5) is 4.39 Å². The first kappa shape index (κ1) is 14.9. The summed E-state index contributed by atoms with van der Waals surface area (Å²) in [6.45, 7) is 0.580. The van der Waals surface area contributed by atoms with Crippen molar-refractivity contribution < 1.29 is 13.9 Å². The van der Waals surface area contributed by atoms with E-state index >= 15 is 0 Å². The van der Waals surface area contributed by atoms with Crippen molar-refractivity contribution in [3.63, 3.8) is 0 Å². The van der Waals surface area contributed by atoms with E-state index in [4.69, 9.17) is 4.74 Å². The Morgan fingerprint density at radius 3 is 2.68 bits per heavy atom. The molecule has 0 aliphatic carbocycles. The van der Waals surface area contributed by atoms with Crippen LogP contribution >= 0.6 is 11.8 Å². The third-order valence-electron chi connectivity index (χ3n) is 3.49. The molecule has 1 atom stereocenters. The highest BCUT2D eigenvalue weighted by atomic mass is 32.2. The monoisotopic (exact) mass is 317 g/mol. The molecule has 2 aromatic carbocycles. The van der Waals surface area contributed by atoms with Gasteiger partial charge in [0, 0.05) is 17.9 Å². The molecule has 1 heterocycles. The summed E-state index contributed by atoms with van der Waals surface area (Å²) in [5, 5.41) is -0.270. The van der Waals surface area contributed by atoms with E-state index in [0.717, 1.165) is 5.75 Å². The Morgan fingerprint density at radius 2 is 1.91 bits per heavy atom.